The average molecular weight is 438 g/mol. The third kappa shape index (κ3) is 5.49. The fourth-order valence-electron chi connectivity index (χ4n) is 1.88. The minimum Gasteiger partial charge on any atom is -0.467 e. The lowest BCUT2D eigenvalue weighted by Gasteiger charge is -2.11. The van der Waals surface area contributed by atoms with E-state index in [0.29, 0.717) is 36.1 Å². The van der Waals surface area contributed by atoms with Gasteiger partial charge in [-0.2, -0.15) is 0 Å². The summed E-state index contributed by atoms with van der Waals surface area (Å²) in [4.78, 5) is 4.09. The van der Waals surface area contributed by atoms with E-state index >= 15 is 0 Å². The van der Waals surface area contributed by atoms with Gasteiger partial charge in [0.25, 0.3) is 0 Å². The molecule has 22 heavy (non-hydrogen) atoms. The molecule has 0 aliphatic rings. The van der Waals surface area contributed by atoms with Crippen molar-refractivity contribution in [2.45, 2.75) is 13.0 Å². The molecule has 120 valence electrons. The van der Waals surface area contributed by atoms with E-state index in [4.69, 9.17) is 16.0 Å². The summed E-state index contributed by atoms with van der Waals surface area (Å²) in [5.74, 6) is 1.15. The van der Waals surface area contributed by atoms with Gasteiger partial charge in [-0.15, -0.1) is 24.0 Å². The Bertz CT molecular complexity index is 585. The molecule has 0 bridgehead atoms. The van der Waals surface area contributed by atoms with Crippen LogP contribution in [0.25, 0.3) is 0 Å². The lowest BCUT2D eigenvalue weighted by Crippen LogP contribution is -2.37. The molecule has 0 unspecified atom stereocenters. The van der Waals surface area contributed by atoms with E-state index in [1.807, 2.05) is 12.1 Å². The van der Waals surface area contributed by atoms with E-state index in [1.165, 1.54) is 6.07 Å². The zero-order chi connectivity index (χ0) is 15.1. The topological polar surface area (TPSA) is 49.6 Å². The van der Waals surface area contributed by atoms with Gasteiger partial charge in [0.15, 0.2) is 5.96 Å². The van der Waals surface area contributed by atoms with Crippen LogP contribution >= 0.6 is 35.6 Å². The van der Waals surface area contributed by atoms with E-state index in [2.05, 4.69) is 15.6 Å². The number of hydrogen-bond donors (Lipinski definition) is 2. The first-order valence-corrected chi connectivity index (χ1v) is 6.98. The smallest absolute Gasteiger partial charge is 0.191 e. The maximum Gasteiger partial charge on any atom is 0.191 e. The van der Waals surface area contributed by atoms with Crippen molar-refractivity contribution in [3.63, 3.8) is 0 Å². The van der Waals surface area contributed by atoms with E-state index in [1.54, 1.807) is 25.4 Å². The second kappa shape index (κ2) is 9.68. The minimum absolute atomic E-state index is 0. The van der Waals surface area contributed by atoms with Crippen molar-refractivity contribution in [2.75, 3.05) is 13.6 Å². The lowest BCUT2D eigenvalue weighted by atomic mass is 10.1. The summed E-state index contributed by atoms with van der Waals surface area (Å²) in [6.07, 6.45) is 2.10. The summed E-state index contributed by atoms with van der Waals surface area (Å²) >= 11 is 5.98. The van der Waals surface area contributed by atoms with Crippen LogP contribution in [0.3, 0.4) is 0 Å². The van der Waals surface area contributed by atoms with E-state index in [0.717, 1.165) is 5.76 Å². The quantitative estimate of drug-likeness (QED) is 0.427. The van der Waals surface area contributed by atoms with Gasteiger partial charge >= 0.3 is 0 Å². The highest BCUT2D eigenvalue weighted by molar-refractivity contribution is 14.0. The minimum atomic E-state index is -0.289. The van der Waals surface area contributed by atoms with Crippen molar-refractivity contribution in [2.24, 2.45) is 4.99 Å². The summed E-state index contributed by atoms with van der Waals surface area (Å²) in [6, 6.07) is 8.39. The number of halogens is 3. The molecular weight excluding hydrogens is 420 g/mol. The molecule has 0 atom stereocenters. The number of benzene rings is 1. The van der Waals surface area contributed by atoms with Gasteiger partial charge in [0.2, 0.25) is 0 Å². The summed E-state index contributed by atoms with van der Waals surface area (Å²) in [7, 11) is 1.67. The summed E-state index contributed by atoms with van der Waals surface area (Å²) in [5.41, 5.74) is 0.508. The van der Waals surface area contributed by atoms with Crippen molar-refractivity contribution < 1.29 is 8.81 Å². The molecule has 1 heterocycles. The van der Waals surface area contributed by atoms with Gasteiger partial charge < -0.3 is 15.1 Å². The lowest BCUT2D eigenvalue weighted by molar-refractivity contribution is 0.501. The first kappa shape index (κ1) is 18.8. The van der Waals surface area contributed by atoms with Crippen molar-refractivity contribution in [1.82, 2.24) is 10.6 Å². The van der Waals surface area contributed by atoms with Gasteiger partial charge in [-0.25, -0.2) is 4.39 Å². The monoisotopic (exact) mass is 437 g/mol. The first-order valence-electron chi connectivity index (χ1n) is 6.60. The fraction of sp³-hybridized carbons (Fsp3) is 0.267. The highest BCUT2D eigenvalue weighted by Crippen LogP contribution is 2.18. The third-order valence-corrected chi connectivity index (χ3v) is 3.32. The Hall–Kier alpha value is -1.28. The Balaban J connectivity index is 0.00000242. The number of rotatable bonds is 5. The maximum absolute atomic E-state index is 13.6. The van der Waals surface area contributed by atoms with E-state index < -0.39 is 0 Å². The Labute approximate surface area is 151 Å². The van der Waals surface area contributed by atoms with Crippen molar-refractivity contribution in [1.29, 1.82) is 0 Å². The van der Waals surface area contributed by atoms with Gasteiger partial charge in [0.1, 0.15) is 11.6 Å². The van der Waals surface area contributed by atoms with Gasteiger partial charge in [-0.1, -0.05) is 17.7 Å². The number of guanidine groups is 1. The van der Waals surface area contributed by atoms with Gasteiger partial charge in [-0.05, 0) is 30.7 Å². The summed E-state index contributed by atoms with van der Waals surface area (Å²) in [5, 5.41) is 6.65. The molecule has 0 saturated carbocycles. The Morgan fingerprint density at radius 2 is 2.09 bits per heavy atom. The summed E-state index contributed by atoms with van der Waals surface area (Å²) < 4.78 is 18.8. The van der Waals surface area contributed by atoms with Crippen LogP contribution in [0.1, 0.15) is 11.3 Å². The van der Waals surface area contributed by atoms with Crippen LogP contribution in [0, 0.1) is 5.82 Å². The Morgan fingerprint density at radius 1 is 1.27 bits per heavy atom. The molecule has 0 amide bonds. The zero-order valence-electron chi connectivity index (χ0n) is 12.1. The Kier molecular flexibility index (Phi) is 8.26. The molecule has 1 aromatic carbocycles. The molecule has 2 N–H and O–H groups in total. The predicted octanol–water partition coefficient (Wildman–Crippen LogP) is 3.60. The van der Waals surface area contributed by atoms with Crippen LogP contribution in [0.2, 0.25) is 5.02 Å². The number of furan rings is 1. The molecule has 0 radical (unpaired) electrons. The molecule has 2 rings (SSSR count). The first-order chi connectivity index (χ1) is 10.2. The van der Waals surface area contributed by atoms with Gasteiger partial charge in [0.05, 0.1) is 12.8 Å². The van der Waals surface area contributed by atoms with Crippen LogP contribution in [0.4, 0.5) is 4.39 Å². The Morgan fingerprint density at radius 3 is 2.73 bits per heavy atom. The molecule has 0 aliphatic heterocycles. The van der Waals surface area contributed by atoms with E-state index in [-0.39, 0.29) is 29.8 Å². The SMILES string of the molecule is CN=C(NCCc1c(F)cccc1Cl)NCc1ccco1.I. The second-order valence-electron chi connectivity index (χ2n) is 4.38. The van der Waals surface area contributed by atoms with E-state index in [9.17, 15) is 4.39 Å². The van der Waals surface area contributed by atoms with Gasteiger partial charge in [-0.3, -0.25) is 4.99 Å². The molecular formula is C15H18ClFIN3O. The standard InChI is InChI=1S/C15H17ClFN3O.HI/c1-18-15(20-10-11-4-3-9-21-11)19-8-7-12-13(16)5-2-6-14(12)17;/h2-6,9H,7-8,10H2,1H3,(H2,18,19,20);1H. The van der Waals surface area contributed by atoms with Crippen LogP contribution in [-0.2, 0) is 13.0 Å². The molecule has 0 aliphatic carbocycles. The van der Waals surface area contributed by atoms with Crippen LogP contribution in [-0.4, -0.2) is 19.6 Å². The second-order valence-corrected chi connectivity index (χ2v) is 4.79. The normalized spacial score (nSPS) is 11.0. The molecule has 4 nitrogen and oxygen atoms in total. The highest BCUT2D eigenvalue weighted by Gasteiger charge is 2.07. The molecule has 7 heteroatoms. The third-order valence-electron chi connectivity index (χ3n) is 2.96. The molecule has 2 aromatic rings. The molecule has 0 fully saturated rings. The number of hydrogen-bond acceptors (Lipinski definition) is 2. The fourth-order valence-corrected chi connectivity index (χ4v) is 2.14. The zero-order valence-corrected chi connectivity index (χ0v) is 15.2. The van der Waals surface area contributed by atoms with Crippen molar-refractivity contribution in [3.05, 3.63) is 58.8 Å². The molecule has 0 spiro atoms. The number of nitrogens with one attached hydrogen (secondary N) is 2. The summed E-state index contributed by atoms with van der Waals surface area (Å²) in [6.45, 7) is 1.06. The number of aliphatic imine (C=N–C) groups is 1. The predicted molar refractivity (Wildman–Crippen MR) is 97.4 cm³/mol. The maximum atomic E-state index is 13.6. The van der Waals surface area contributed by atoms with Crippen LogP contribution in [0.15, 0.2) is 46.0 Å². The largest absolute Gasteiger partial charge is 0.467 e. The van der Waals surface area contributed by atoms with Crippen molar-refractivity contribution in [3.8, 4) is 0 Å². The van der Waals surface area contributed by atoms with Crippen molar-refractivity contribution >= 4 is 41.5 Å². The highest BCUT2D eigenvalue weighted by atomic mass is 127. The van der Waals surface area contributed by atoms with Crippen LogP contribution in [0.5, 0.6) is 0 Å². The van der Waals surface area contributed by atoms with Crippen LogP contribution < -0.4 is 10.6 Å². The molecule has 1 aromatic heterocycles. The average Bonchev–Trinajstić information content (AvgIpc) is 2.98. The number of nitrogens with zero attached hydrogens (tertiary/aromatic N) is 1. The molecule has 0 saturated heterocycles. The van der Waals surface area contributed by atoms with Gasteiger partial charge in [0, 0.05) is 24.2 Å².